The van der Waals surface area contributed by atoms with Crippen molar-refractivity contribution in [3.63, 3.8) is 0 Å². The lowest BCUT2D eigenvalue weighted by atomic mass is 9.65. The predicted octanol–water partition coefficient (Wildman–Crippen LogP) is 3.33. The number of nitrogens with one attached hydrogen (secondary N) is 1. The normalized spacial score (nSPS) is 32.3. The first kappa shape index (κ1) is 15.5. The smallest absolute Gasteiger partial charge is 0.223 e. The van der Waals surface area contributed by atoms with Gasteiger partial charge in [0.2, 0.25) is 5.91 Å². The summed E-state index contributed by atoms with van der Waals surface area (Å²) >= 11 is 0. The highest BCUT2D eigenvalue weighted by Crippen LogP contribution is 2.42. The molecule has 3 rings (SSSR count). The summed E-state index contributed by atoms with van der Waals surface area (Å²) in [6.07, 6.45) is 5.65. The zero-order chi connectivity index (χ0) is 15.7. The van der Waals surface area contributed by atoms with Crippen molar-refractivity contribution in [3.05, 3.63) is 35.4 Å². The summed E-state index contributed by atoms with van der Waals surface area (Å²) in [5, 5.41) is 3.21. The van der Waals surface area contributed by atoms with E-state index in [0.717, 1.165) is 12.8 Å². The third kappa shape index (κ3) is 3.19. The second kappa shape index (κ2) is 6.41. The highest BCUT2D eigenvalue weighted by molar-refractivity contribution is 5.79. The molecule has 2 aliphatic rings. The van der Waals surface area contributed by atoms with Crippen molar-refractivity contribution >= 4 is 5.91 Å². The molecule has 0 aromatic heterocycles. The molecule has 120 valence electrons. The summed E-state index contributed by atoms with van der Waals surface area (Å²) in [6.45, 7) is 4.15. The SMILES string of the molecule is Cc1ccc(C(C)NC(=O)C2CC3CCCC(C2)C3N)cc1. The molecule has 1 amide bonds. The lowest BCUT2D eigenvalue weighted by molar-refractivity contribution is -0.128. The molecule has 0 aliphatic heterocycles. The predicted molar refractivity (Wildman–Crippen MR) is 89.3 cm³/mol. The van der Waals surface area contributed by atoms with Gasteiger partial charge in [0.25, 0.3) is 0 Å². The lowest BCUT2D eigenvalue weighted by Crippen LogP contribution is -2.49. The number of hydrogen-bond acceptors (Lipinski definition) is 2. The zero-order valence-electron chi connectivity index (χ0n) is 13.7. The van der Waals surface area contributed by atoms with Crippen LogP contribution in [0.2, 0.25) is 0 Å². The Morgan fingerprint density at radius 1 is 1.18 bits per heavy atom. The molecule has 2 bridgehead atoms. The number of carbonyl (C=O) groups is 1. The highest BCUT2D eigenvalue weighted by Gasteiger charge is 2.40. The van der Waals surface area contributed by atoms with Crippen molar-refractivity contribution in [3.8, 4) is 0 Å². The monoisotopic (exact) mass is 300 g/mol. The van der Waals surface area contributed by atoms with Crippen LogP contribution in [0.5, 0.6) is 0 Å². The Hall–Kier alpha value is -1.35. The molecule has 0 heterocycles. The van der Waals surface area contributed by atoms with E-state index in [2.05, 4.69) is 43.4 Å². The highest BCUT2D eigenvalue weighted by atomic mass is 16.1. The van der Waals surface area contributed by atoms with Gasteiger partial charge in [0.05, 0.1) is 6.04 Å². The number of amides is 1. The molecule has 3 nitrogen and oxygen atoms in total. The van der Waals surface area contributed by atoms with Crippen LogP contribution < -0.4 is 11.1 Å². The van der Waals surface area contributed by atoms with E-state index in [9.17, 15) is 4.79 Å². The maximum absolute atomic E-state index is 12.6. The quantitative estimate of drug-likeness (QED) is 0.899. The van der Waals surface area contributed by atoms with E-state index in [1.807, 2.05) is 0 Å². The van der Waals surface area contributed by atoms with Crippen LogP contribution in [0.1, 0.15) is 56.2 Å². The number of benzene rings is 1. The van der Waals surface area contributed by atoms with Gasteiger partial charge in [-0.3, -0.25) is 4.79 Å². The molecule has 1 aromatic carbocycles. The molecule has 3 heteroatoms. The fourth-order valence-electron chi connectivity index (χ4n) is 4.27. The Labute approximate surface area is 133 Å². The fourth-order valence-corrected chi connectivity index (χ4v) is 4.27. The van der Waals surface area contributed by atoms with Crippen molar-refractivity contribution in [1.29, 1.82) is 0 Å². The van der Waals surface area contributed by atoms with Crippen LogP contribution in [0.3, 0.4) is 0 Å². The Morgan fingerprint density at radius 3 is 2.36 bits per heavy atom. The van der Waals surface area contributed by atoms with Crippen molar-refractivity contribution in [1.82, 2.24) is 5.32 Å². The van der Waals surface area contributed by atoms with Crippen LogP contribution in [-0.4, -0.2) is 11.9 Å². The minimum atomic E-state index is 0.0727. The standard InChI is InChI=1S/C19H28N2O/c1-12-6-8-14(9-7-12)13(2)21-19(22)17-10-15-4-3-5-16(11-17)18(15)20/h6-9,13,15-18H,3-5,10-11,20H2,1-2H3,(H,21,22). The van der Waals surface area contributed by atoms with Crippen molar-refractivity contribution in [2.24, 2.45) is 23.5 Å². The molecule has 22 heavy (non-hydrogen) atoms. The maximum Gasteiger partial charge on any atom is 0.223 e. The maximum atomic E-state index is 12.6. The zero-order valence-corrected chi connectivity index (χ0v) is 13.7. The van der Waals surface area contributed by atoms with Gasteiger partial charge in [0, 0.05) is 12.0 Å². The number of fused-ring (bicyclic) bond motifs is 2. The summed E-state index contributed by atoms with van der Waals surface area (Å²) in [5.74, 6) is 1.48. The minimum absolute atomic E-state index is 0.0727. The summed E-state index contributed by atoms with van der Waals surface area (Å²) in [4.78, 5) is 12.6. The van der Waals surface area contributed by atoms with E-state index in [-0.39, 0.29) is 17.9 Å². The third-order valence-corrected chi connectivity index (χ3v) is 5.72. The largest absolute Gasteiger partial charge is 0.349 e. The third-order valence-electron chi connectivity index (χ3n) is 5.72. The first-order valence-electron chi connectivity index (χ1n) is 8.67. The number of aryl methyl sites for hydroxylation is 1. The van der Waals surface area contributed by atoms with Crippen molar-refractivity contribution in [2.45, 2.75) is 58.0 Å². The molecular formula is C19H28N2O. The van der Waals surface area contributed by atoms with Gasteiger partial charge in [0.15, 0.2) is 0 Å². The molecule has 3 unspecified atom stereocenters. The Morgan fingerprint density at radius 2 is 1.77 bits per heavy atom. The Bertz CT molecular complexity index is 511. The van der Waals surface area contributed by atoms with Crippen LogP contribution >= 0.6 is 0 Å². The van der Waals surface area contributed by atoms with Gasteiger partial charge < -0.3 is 11.1 Å². The molecular weight excluding hydrogens is 272 g/mol. The number of rotatable bonds is 3. The van der Waals surface area contributed by atoms with Gasteiger partial charge in [-0.2, -0.15) is 0 Å². The number of carbonyl (C=O) groups excluding carboxylic acids is 1. The minimum Gasteiger partial charge on any atom is -0.349 e. The van der Waals surface area contributed by atoms with E-state index >= 15 is 0 Å². The molecule has 3 N–H and O–H groups in total. The molecule has 2 saturated carbocycles. The Kier molecular flexibility index (Phi) is 4.53. The van der Waals surface area contributed by atoms with Crippen LogP contribution in [0, 0.1) is 24.7 Å². The topological polar surface area (TPSA) is 55.1 Å². The van der Waals surface area contributed by atoms with Gasteiger partial charge in [-0.05, 0) is 56.9 Å². The summed E-state index contributed by atoms with van der Waals surface area (Å²) < 4.78 is 0. The van der Waals surface area contributed by atoms with Crippen LogP contribution in [0.15, 0.2) is 24.3 Å². The van der Waals surface area contributed by atoms with Crippen molar-refractivity contribution < 1.29 is 4.79 Å². The first-order chi connectivity index (χ1) is 10.5. The van der Waals surface area contributed by atoms with E-state index in [1.165, 1.54) is 30.4 Å². The van der Waals surface area contributed by atoms with Gasteiger partial charge in [-0.1, -0.05) is 36.2 Å². The van der Waals surface area contributed by atoms with E-state index in [1.54, 1.807) is 0 Å². The van der Waals surface area contributed by atoms with Crippen molar-refractivity contribution in [2.75, 3.05) is 0 Å². The molecule has 0 radical (unpaired) electrons. The van der Waals surface area contributed by atoms with E-state index < -0.39 is 0 Å². The molecule has 0 saturated heterocycles. The second-order valence-electron chi connectivity index (χ2n) is 7.34. The summed E-state index contributed by atoms with van der Waals surface area (Å²) in [7, 11) is 0. The molecule has 2 aliphatic carbocycles. The molecule has 3 atom stereocenters. The summed E-state index contributed by atoms with van der Waals surface area (Å²) in [5.41, 5.74) is 8.74. The van der Waals surface area contributed by atoms with Crippen LogP contribution in [0.4, 0.5) is 0 Å². The van der Waals surface area contributed by atoms with E-state index in [4.69, 9.17) is 5.73 Å². The van der Waals surface area contributed by atoms with Gasteiger partial charge in [0.1, 0.15) is 0 Å². The van der Waals surface area contributed by atoms with E-state index in [0.29, 0.717) is 17.9 Å². The van der Waals surface area contributed by atoms with Gasteiger partial charge >= 0.3 is 0 Å². The Balaban J connectivity index is 1.61. The molecule has 0 spiro atoms. The lowest BCUT2D eigenvalue weighted by Gasteiger charge is -2.43. The van der Waals surface area contributed by atoms with Crippen LogP contribution in [-0.2, 0) is 4.79 Å². The van der Waals surface area contributed by atoms with Gasteiger partial charge in [-0.25, -0.2) is 0 Å². The van der Waals surface area contributed by atoms with Crippen LogP contribution in [0.25, 0.3) is 0 Å². The average molecular weight is 300 g/mol. The number of nitrogens with two attached hydrogens (primary N) is 1. The first-order valence-corrected chi connectivity index (χ1v) is 8.67. The van der Waals surface area contributed by atoms with Gasteiger partial charge in [-0.15, -0.1) is 0 Å². The molecule has 1 aromatic rings. The second-order valence-corrected chi connectivity index (χ2v) is 7.34. The number of hydrogen-bond donors (Lipinski definition) is 2. The molecule has 2 fully saturated rings. The summed E-state index contributed by atoms with van der Waals surface area (Å²) in [6, 6.07) is 8.80. The fraction of sp³-hybridized carbons (Fsp3) is 0.632. The average Bonchev–Trinajstić information content (AvgIpc) is 2.47.